The van der Waals surface area contributed by atoms with E-state index < -0.39 is 12.0 Å². The van der Waals surface area contributed by atoms with Crippen molar-refractivity contribution in [2.75, 3.05) is 0 Å². The summed E-state index contributed by atoms with van der Waals surface area (Å²) >= 11 is 0. The number of rotatable bonds is 1. The fourth-order valence-electron chi connectivity index (χ4n) is 0.230. The zero-order valence-electron chi connectivity index (χ0n) is 4.12. The van der Waals surface area contributed by atoms with Crippen LogP contribution in [0.4, 0.5) is 13.2 Å². The smallest absolute Gasteiger partial charge is 0.299 e. The number of hydrogen-bond donors (Lipinski definition) is 0. The fraction of sp³-hybridized carbons (Fsp3) is 0.500. The zero-order valence-corrected chi connectivity index (χ0v) is 4.12. The van der Waals surface area contributed by atoms with Crippen molar-refractivity contribution < 1.29 is 18.0 Å². The van der Waals surface area contributed by atoms with Crippen molar-refractivity contribution in [3.05, 3.63) is 6.42 Å². The van der Waals surface area contributed by atoms with Crippen molar-refractivity contribution >= 4 is 5.78 Å². The summed E-state index contributed by atoms with van der Waals surface area (Å²) in [5, 5.41) is 0. The summed E-state index contributed by atoms with van der Waals surface area (Å²) in [6.45, 7) is 0.855. The van der Waals surface area contributed by atoms with Crippen LogP contribution in [0, 0.1) is 6.42 Å². The highest BCUT2D eigenvalue weighted by Crippen LogP contribution is 2.17. The summed E-state index contributed by atoms with van der Waals surface area (Å²) in [6, 6.07) is 0. The summed E-state index contributed by atoms with van der Waals surface area (Å²) in [5.41, 5.74) is 0. The summed E-state index contributed by atoms with van der Waals surface area (Å²) in [5.74, 6) is -0.975. The van der Waals surface area contributed by atoms with Crippen LogP contribution in [0.3, 0.4) is 0 Å². The third-order valence-electron chi connectivity index (χ3n) is 0.367. The van der Waals surface area contributed by atoms with Crippen LogP contribution < -0.4 is 0 Å². The molecule has 4 heteroatoms. The number of alkyl halides is 3. The van der Waals surface area contributed by atoms with Crippen LogP contribution in [-0.4, -0.2) is 12.0 Å². The minimum absolute atomic E-state index is 0.285. The summed E-state index contributed by atoms with van der Waals surface area (Å²) in [4.78, 5) is 9.68. The average Bonchev–Trinajstić information content (AvgIpc) is 1.21. The molecule has 0 bridgehead atoms. The molecule has 0 N–H and O–H groups in total. The van der Waals surface area contributed by atoms with Crippen molar-refractivity contribution in [3.63, 3.8) is 0 Å². The van der Waals surface area contributed by atoms with E-state index >= 15 is 0 Å². The second-order valence-corrected chi connectivity index (χ2v) is 1.30. The molecule has 1 nitrogen and oxygen atoms in total. The molecular formula is C4H4F3O. The van der Waals surface area contributed by atoms with Crippen LogP contribution >= 0.6 is 0 Å². The minimum atomic E-state index is -4.45. The molecule has 0 heterocycles. The summed E-state index contributed by atoms with van der Waals surface area (Å²) < 4.78 is 33.1. The van der Waals surface area contributed by atoms with Gasteiger partial charge in [-0.25, -0.2) is 0 Å². The normalized spacial score (nSPS) is 11.5. The molecule has 1 radical (unpaired) electrons. The maximum atomic E-state index is 11.0. The highest BCUT2D eigenvalue weighted by atomic mass is 19.4. The molecule has 0 aliphatic heterocycles. The minimum Gasteiger partial charge on any atom is -0.299 e. The second kappa shape index (κ2) is 2.15. The molecule has 0 saturated heterocycles. The highest BCUT2D eigenvalue weighted by Gasteiger charge is 2.29. The van der Waals surface area contributed by atoms with Gasteiger partial charge in [0.1, 0.15) is 12.2 Å². The van der Waals surface area contributed by atoms with E-state index in [1.807, 2.05) is 0 Å². The standard InChI is InChI=1S/C4H4F3O/c1-3(8)2-4(5,6)7/h2H,1H3. The first-order valence-electron chi connectivity index (χ1n) is 1.85. The van der Waals surface area contributed by atoms with Gasteiger partial charge < -0.3 is 0 Å². The Morgan fingerprint density at radius 1 is 1.50 bits per heavy atom. The van der Waals surface area contributed by atoms with Crippen molar-refractivity contribution in [3.8, 4) is 0 Å². The Balaban J connectivity index is 3.55. The molecule has 0 unspecified atom stereocenters. The fourth-order valence-corrected chi connectivity index (χ4v) is 0.230. The number of halogens is 3. The Bertz CT molecular complexity index is 93.9. The van der Waals surface area contributed by atoms with E-state index in [9.17, 15) is 18.0 Å². The van der Waals surface area contributed by atoms with Gasteiger partial charge in [0.2, 0.25) is 0 Å². The first-order chi connectivity index (χ1) is 3.42. The van der Waals surface area contributed by atoms with E-state index in [-0.39, 0.29) is 6.42 Å². The molecule has 0 aromatic heterocycles. The molecule has 0 aromatic rings. The maximum absolute atomic E-state index is 11.0. The summed E-state index contributed by atoms with van der Waals surface area (Å²) in [7, 11) is 0. The van der Waals surface area contributed by atoms with Gasteiger partial charge in [-0.15, -0.1) is 0 Å². The topological polar surface area (TPSA) is 17.1 Å². The van der Waals surface area contributed by atoms with Gasteiger partial charge in [-0.1, -0.05) is 0 Å². The molecule has 0 rings (SSSR count). The summed E-state index contributed by atoms with van der Waals surface area (Å²) in [6.07, 6.45) is -4.74. The average molecular weight is 125 g/mol. The van der Waals surface area contributed by atoms with Crippen molar-refractivity contribution in [1.29, 1.82) is 0 Å². The van der Waals surface area contributed by atoms with Crippen LogP contribution in [0.25, 0.3) is 0 Å². The van der Waals surface area contributed by atoms with Gasteiger partial charge in [-0.2, -0.15) is 13.2 Å². The molecular weight excluding hydrogens is 121 g/mol. The van der Waals surface area contributed by atoms with E-state index in [1.165, 1.54) is 0 Å². The number of Topliss-reactive ketones (excluding diaryl/α,β-unsaturated/α-hetero) is 1. The van der Waals surface area contributed by atoms with Gasteiger partial charge >= 0.3 is 6.18 Å². The Labute approximate surface area is 44.5 Å². The van der Waals surface area contributed by atoms with Gasteiger partial charge in [0.25, 0.3) is 0 Å². The number of carbonyl (C=O) groups excluding carboxylic acids is 1. The van der Waals surface area contributed by atoms with Gasteiger partial charge in [0.05, 0.1) is 0 Å². The Morgan fingerprint density at radius 3 is 1.88 bits per heavy atom. The van der Waals surface area contributed by atoms with E-state index in [1.54, 1.807) is 0 Å². The Hall–Kier alpha value is -0.540. The molecule has 0 atom stereocenters. The lowest BCUT2D eigenvalue weighted by Crippen LogP contribution is -2.13. The van der Waals surface area contributed by atoms with Crippen molar-refractivity contribution in [2.24, 2.45) is 0 Å². The predicted molar refractivity (Wildman–Crippen MR) is 21.0 cm³/mol. The SMILES string of the molecule is CC(=O)[CH]C(F)(F)F. The molecule has 0 spiro atoms. The molecule has 0 aliphatic rings. The number of carbonyl (C=O) groups is 1. The molecule has 0 saturated carbocycles. The molecule has 8 heavy (non-hydrogen) atoms. The third kappa shape index (κ3) is 5.46. The van der Waals surface area contributed by atoms with Crippen LogP contribution in [0.2, 0.25) is 0 Å². The Morgan fingerprint density at radius 2 is 1.88 bits per heavy atom. The molecule has 0 aromatic carbocycles. The van der Waals surface area contributed by atoms with E-state index in [0.717, 1.165) is 6.92 Å². The van der Waals surface area contributed by atoms with E-state index in [0.29, 0.717) is 0 Å². The number of ketones is 1. The zero-order chi connectivity index (χ0) is 6.78. The van der Waals surface area contributed by atoms with Gasteiger partial charge in [-0.05, 0) is 6.92 Å². The lowest BCUT2D eigenvalue weighted by molar-refractivity contribution is -0.129. The largest absolute Gasteiger partial charge is 0.399 e. The monoisotopic (exact) mass is 125 g/mol. The van der Waals surface area contributed by atoms with Gasteiger partial charge in [0, 0.05) is 0 Å². The first kappa shape index (κ1) is 7.46. The van der Waals surface area contributed by atoms with E-state index in [4.69, 9.17) is 0 Å². The van der Waals surface area contributed by atoms with Gasteiger partial charge in [-0.3, -0.25) is 4.79 Å². The lowest BCUT2D eigenvalue weighted by atomic mass is 10.3. The lowest BCUT2D eigenvalue weighted by Gasteiger charge is -1.98. The van der Waals surface area contributed by atoms with Crippen molar-refractivity contribution in [1.82, 2.24) is 0 Å². The van der Waals surface area contributed by atoms with Crippen LogP contribution in [-0.2, 0) is 4.79 Å². The Kier molecular flexibility index (Phi) is 2.01. The predicted octanol–water partition coefficient (Wildman–Crippen LogP) is 1.34. The number of hydrogen-bond acceptors (Lipinski definition) is 1. The molecule has 0 amide bonds. The second-order valence-electron chi connectivity index (χ2n) is 1.30. The van der Waals surface area contributed by atoms with Crippen LogP contribution in [0.5, 0.6) is 0 Å². The van der Waals surface area contributed by atoms with Gasteiger partial charge in [0.15, 0.2) is 0 Å². The third-order valence-corrected chi connectivity index (χ3v) is 0.367. The highest BCUT2D eigenvalue weighted by molar-refractivity contribution is 5.85. The first-order valence-corrected chi connectivity index (χ1v) is 1.85. The molecule has 47 valence electrons. The molecule has 0 aliphatic carbocycles. The maximum Gasteiger partial charge on any atom is 0.399 e. The quantitative estimate of drug-likeness (QED) is 0.516. The molecule has 0 fully saturated rings. The van der Waals surface area contributed by atoms with E-state index in [2.05, 4.69) is 0 Å². The van der Waals surface area contributed by atoms with Crippen LogP contribution in [0.15, 0.2) is 0 Å². The van der Waals surface area contributed by atoms with Crippen LogP contribution in [0.1, 0.15) is 6.92 Å². The van der Waals surface area contributed by atoms with Crippen molar-refractivity contribution in [2.45, 2.75) is 13.1 Å².